The zero-order chi connectivity index (χ0) is 9.97. The maximum absolute atomic E-state index is 9.52. The molecular weight excluding hydrogens is 176 g/mol. The molecule has 75 valence electrons. The summed E-state index contributed by atoms with van der Waals surface area (Å²) < 4.78 is 0. The second-order valence-electron chi connectivity index (χ2n) is 3.78. The van der Waals surface area contributed by atoms with E-state index in [1.54, 1.807) is 0 Å². The highest BCUT2D eigenvalue weighted by atomic mass is 16.3. The van der Waals surface area contributed by atoms with Crippen LogP contribution in [0.25, 0.3) is 0 Å². The van der Waals surface area contributed by atoms with Gasteiger partial charge in [0, 0.05) is 18.7 Å². The van der Waals surface area contributed by atoms with E-state index >= 15 is 0 Å². The molecule has 1 fully saturated rings. The van der Waals surface area contributed by atoms with Gasteiger partial charge in [0.15, 0.2) is 0 Å². The Balaban J connectivity index is 2.26. The number of anilines is 1. The van der Waals surface area contributed by atoms with E-state index in [4.69, 9.17) is 0 Å². The van der Waals surface area contributed by atoms with E-state index in [2.05, 4.69) is 16.1 Å². The Kier molecular flexibility index (Phi) is 2.57. The SMILES string of the molecule is Cc1c(N2CCCCC2)[c]ncc1O. The Bertz CT molecular complexity index is 319. The van der Waals surface area contributed by atoms with Gasteiger partial charge in [-0.05, 0) is 26.2 Å². The fourth-order valence-electron chi connectivity index (χ4n) is 1.88. The molecule has 1 aromatic rings. The molecule has 0 spiro atoms. The number of rotatable bonds is 1. The van der Waals surface area contributed by atoms with Gasteiger partial charge in [0.2, 0.25) is 0 Å². The summed E-state index contributed by atoms with van der Waals surface area (Å²) in [5, 5.41) is 9.52. The smallest absolute Gasteiger partial charge is 0.138 e. The van der Waals surface area contributed by atoms with Crippen LogP contribution in [0.3, 0.4) is 0 Å². The van der Waals surface area contributed by atoms with Crippen LogP contribution >= 0.6 is 0 Å². The van der Waals surface area contributed by atoms with Gasteiger partial charge in [-0.3, -0.25) is 0 Å². The lowest BCUT2D eigenvalue weighted by Gasteiger charge is -2.29. The Morgan fingerprint density at radius 1 is 1.36 bits per heavy atom. The fourth-order valence-corrected chi connectivity index (χ4v) is 1.88. The second-order valence-corrected chi connectivity index (χ2v) is 3.78. The molecule has 2 heterocycles. The van der Waals surface area contributed by atoms with Gasteiger partial charge in [-0.2, -0.15) is 0 Å². The third kappa shape index (κ3) is 1.67. The number of nitrogens with zero attached hydrogens (tertiary/aromatic N) is 2. The highest BCUT2D eigenvalue weighted by molar-refractivity contribution is 5.55. The molecule has 0 atom stereocenters. The van der Waals surface area contributed by atoms with E-state index in [0.29, 0.717) is 0 Å². The van der Waals surface area contributed by atoms with Crippen LogP contribution in [-0.2, 0) is 0 Å². The van der Waals surface area contributed by atoms with Crippen LogP contribution in [0, 0.1) is 13.1 Å². The molecule has 0 aromatic carbocycles. The van der Waals surface area contributed by atoms with Crippen molar-refractivity contribution in [3.05, 3.63) is 18.0 Å². The quantitative estimate of drug-likeness (QED) is 0.736. The van der Waals surface area contributed by atoms with Crippen LogP contribution < -0.4 is 4.90 Å². The first-order chi connectivity index (χ1) is 6.79. The summed E-state index contributed by atoms with van der Waals surface area (Å²) in [5.74, 6) is 0.268. The van der Waals surface area contributed by atoms with Crippen LogP contribution in [0.5, 0.6) is 5.75 Å². The second kappa shape index (κ2) is 3.86. The average Bonchev–Trinajstić information content (AvgIpc) is 2.23. The molecule has 1 N–H and O–H groups in total. The van der Waals surface area contributed by atoms with E-state index in [-0.39, 0.29) is 5.75 Å². The minimum Gasteiger partial charge on any atom is -0.506 e. The number of aromatic nitrogens is 1. The zero-order valence-corrected chi connectivity index (χ0v) is 8.45. The number of hydrogen-bond acceptors (Lipinski definition) is 3. The van der Waals surface area contributed by atoms with E-state index in [0.717, 1.165) is 24.3 Å². The third-order valence-corrected chi connectivity index (χ3v) is 2.77. The maximum Gasteiger partial charge on any atom is 0.138 e. The van der Waals surface area contributed by atoms with E-state index in [1.165, 1.54) is 25.5 Å². The highest BCUT2D eigenvalue weighted by Crippen LogP contribution is 2.27. The maximum atomic E-state index is 9.52. The Morgan fingerprint density at radius 3 is 2.79 bits per heavy atom. The van der Waals surface area contributed by atoms with E-state index in [9.17, 15) is 5.11 Å². The molecule has 0 amide bonds. The van der Waals surface area contributed by atoms with Crippen LogP contribution in [0.2, 0.25) is 0 Å². The molecule has 2 rings (SSSR count). The van der Waals surface area contributed by atoms with Crippen LogP contribution in [0.15, 0.2) is 6.20 Å². The van der Waals surface area contributed by atoms with Crippen LogP contribution in [0.4, 0.5) is 5.69 Å². The molecule has 0 saturated carbocycles. The number of piperidine rings is 1. The van der Waals surface area contributed by atoms with Gasteiger partial charge in [-0.1, -0.05) is 0 Å². The average molecular weight is 191 g/mol. The molecule has 1 aliphatic rings. The monoisotopic (exact) mass is 191 g/mol. The topological polar surface area (TPSA) is 36.4 Å². The summed E-state index contributed by atoms with van der Waals surface area (Å²) in [6.45, 7) is 4.03. The lowest BCUT2D eigenvalue weighted by molar-refractivity contribution is 0.467. The summed E-state index contributed by atoms with van der Waals surface area (Å²) in [6, 6.07) is 0. The first-order valence-electron chi connectivity index (χ1n) is 5.10. The molecule has 1 aliphatic heterocycles. The first kappa shape index (κ1) is 9.31. The molecule has 1 radical (unpaired) electrons. The van der Waals surface area contributed by atoms with Gasteiger partial charge >= 0.3 is 0 Å². The molecule has 0 aliphatic carbocycles. The van der Waals surface area contributed by atoms with Crippen molar-refractivity contribution in [2.45, 2.75) is 26.2 Å². The largest absolute Gasteiger partial charge is 0.506 e. The lowest BCUT2D eigenvalue weighted by Crippen LogP contribution is -2.30. The molecule has 3 nitrogen and oxygen atoms in total. The molecular formula is C11H15N2O. The van der Waals surface area contributed by atoms with Gasteiger partial charge in [-0.15, -0.1) is 0 Å². The Morgan fingerprint density at radius 2 is 2.07 bits per heavy atom. The predicted octanol–water partition coefficient (Wildman–Crippen LogP) is 1.89. The van der Waals surface area contributed by atoms with Crippen LogP contribution in [-0.4, -0.2) is 23.2 Å². The fraction of sp³-hybridized carbons (Fsp3) is 0.545. The van der Waals surface area contributed by atoms with E-state index in [1.807, 2.05) is 6.92 Å². The van der Waals surface area contributed by atoms with Gasteiger partial charge in [0.25, 0.3) is 0 Å². The molecule has 1 saturated heterocycles. The van der Waals surface area contributed by atoms with Gasteiger partial charge in [-0.25, -0.2) is 4.98 Å². The van der Waals surface area contributed by atoms with Crippen molar-refractivity contribution in [2.75, 3.05) is 18.0 Å². The van der Waals surface area contributed by atoms with E-state index < -0.39 is 0 Å². The highest BCUT2D eigenvalue weighted by Gasteiger charge is 2.14. The van der Waals surface area contributed by atoms with Crippen LogP contribution in [0.1, 0.15) is 24.8 Å². The summed E-state index contributed by atoms with van der Waals surface area (Å²) in [4.78, 5) is 6.16. The van der Waals surface area contributed by atoms with Gasteiger partial charge in [0.05, 0.1) is 11.9 Å². The molecule has 14 heavy (non-hydrogen) atoms. The minimum atomic E-state index is 0.268. The normalized spacial score (nSPS) is 17.1. The summed E-state index contributed by atoms with van der Waals surface area (Å²) in [5.41, 5.74) is 1.85. The van der Waals surface area contributed by atoms with Crippen molar-refractivity contribution in [1.82, 2.24) is 4.98 Å². The minimum absolute atomic E-state index is 0.268. The first-order valence-corrected chi connectivity index (χ1v) is 5.10. The zero-order valence-electron chi connectivity index (χ0n) is 8.45. The lowest BCUT2D eigenvalue weighted by atomic mass is 10.1. The van der Waals surface area contributed by atoms with Crippen molar-refractivity contribution in [2.24, 2.45) is 0 Å². The van der Waals surface area contributed by atoms with Crippen molar-refractivity contribution in [3.8, 4) is 5.75 Å². The predicted molar refractivity (Wildman–Crippen MR) is 55.5 cm³/mol. The third-order valence-electron chi connectivity index (χ3n) is 2.77. The molecule has 0 unspecified atom stereocenters. The number of aromatic hydroxyl groups is 1. The number of hydrogen-bond donors (Lipinski definition) is 1. The molecule has 3 heteroatoms. The summed E-state index contributed by atoms with van der Waals surface area (Å²) >= 11 is 0. The number of pyridine rings is 1. The van der Waals surface area contributed by atoms with Crippen molar-refractivity contribution < 1.29 is 5.11 Å². The standard InChI is InChI=1S/C11H15N2O/c1-9-10(7-12-8-11(9)14)13-5-3-2-4-6-13/h8,14H,2-6H2,1H3. The van der Waals surface area contributed by atoms with Crippen molar-refractivity contribution in [3.63, 3.8) is 0 Å². The van der Waals surface area contributed by atoms with Crippen molar-refractivity contribution >= 4 is 5.69 Å². The molecule has 0 bridgehead atoms. The molecule has 1 aromatic heterocycles. The Hall–Kier alpha value is -1.25. The summed E-state index contributed by atoms with van der Waals surface area (Å²) in [7, 11) is 0. The van der Waals surface area contributed by atoms with Gasteiger partial charge < -0.3 is 10.0 Å². The van der Waals surface area contributed by atoms with Crippen molar-refractivity contribution in [1.29, 1.82) is 0 Å². The summed E-state index contributed by atoms with van der Waals surface area (Å²) in [6.07, 6.45) is 8.17. The Labute approximate surface area is 84.4 Å². The van der Waals surface area contributed by atoms with Gasteiger partial charge in [0.1, 0.15) is 11.9 Å².